The summed E-state index contributed by atoms with van der Waals surface area (Å²) >= 11 is 0. The van der Waals surface area contributed by atoms with Gasteiger partial charge in [-0.2, -0.15) is 0 Å². The minimum Gasteiger partial charge on any atom is -0.365 e. The second-order valence-corrected chi connectivity index (χ2v) is 3.60. The number of nitrogens with two attached hydrogens (primary N) is 1. The van der Waals surface area contributed by atoms with Crippen LogP contribution in [0, 0.1) is 12.7 Å². The van der Waals surface area contributed by atoms with E-state index >= 15 is 0 Å². The third kappa shape index (κ3) is 3.43. The average molecular weight is 212 g/mol. The highest BCUT2D eigenvalue weighted by Crippen LogP contribution is 2.13. The van der Waals surface area contributed by atoms with E-state index in [9.17, 15) is 4.39 Å². The number of nitrogens with one attached hydrogen (secondary N) is 1. The Balaban J connectivity index is 2.60. The molecule has 3 N–H and O–H groups in total. The number of anilines is 1. The Labute approximate surface area is 89.1 Å². The van der Waals surface area contributed by atoms with Crippen molar-refractivity contribution >= 4 is 5.82 Å². The number of hydrogen-bond donors (Lipinski definition) is 2. The fourth-order valence-corrected chi connectivity index (χ4v) is 1.29. The molecule has 0 spiro atoms. The molecule has 1 aromatic rings. The van der Waals surface area contributed by atoms with Crippen LogP contribution in [0.25, 0.3) is 0 Å². The average Bonchev–Trinajstić information content (AvgIpc) is 2.22. The lowest BCUT2D eigenvalue weighted by Crippen LogP contribution is -2.18. The van der Waals surface area contributed by atoms with Crippen LogP contribution in [0.5, 0.6) is 0 Å². The molecule has 0 aliphatic carbocycles. The van der Waals surface area contributed by atoms with Gasteiger partial charge in [-0.3, -0.25) is 0 Å². The zero-order valence-electron chi connectivity index (χ0n) is 9.13. The van der Waals surface area contributed by atoms with E-state index < -0.39 is 0 Å². The summed E-state index contributed by atoms with van der Waals surface area (Å²) in [7, 11) is 0. The summed E-state index contributed by atoms with van der Waals surface area (Å²) in [4.78, 5) is 7.62. The quantitative estimate of drug-likeness (QED) is 0.775. The molecule has 1 heterocycles. The zero-order valence-corrected chi connectivity index (χ0v) is 9.13. The number of halogens is 1. The molecule has 15 heavy (non-hydrogen) atoms. The topological polar surface area (TPSA) is 63.8 Å². The summed E-state index contributed by atoms with van der Waals surface area (Å²) < 4.78 is 13.5. The first kappa shape index (κ1) is 11.8. The van der Waals surface area contributed by atoms with Crippen LogP contribution in [-0.4, -0.2) is 22.6 Å². The van der Waals surface area contributed by atoms with Crippen LogP contribution in [-0.2, 0) is 0 Å². The normalized spacial score (nSPS) is 12.5. The van der Waals surface area contributed by atoms with Gasteiger partial charge >= 0.3 is 0 Å². The van der Waals surface area contributed by atoms with Gasteiger partial charge < -0.3 is 11.1 Å². The fraction of sp³-hybridized carbons (Fsp3) is 0.600. The maximum atomic E-state index is 13.5. The van der Waals surface area contributed by atoms with Crippen LogP contribution in [0.1, 0.15) is 25.5 Å². The molecule has 4 nitrogen and oxygen atoms in total. The van der Waals surface area contributed by atoms with Crippen molar-refractivity contribution in [2.45, 2.75) is 32.7 Å². The summed E-state index contributed by atoms with van der Waals surface area (Å²) in [5.41, 5.74) is 5.76. The fourth-order valence-electron chi connectivity index (χ4n) is 1.29. The molecule has 1 rings (SSSR count). The molecule has 0 aliphatic rings. The van der Waals surface area contributed by atoms with Gasteiger partial charge in [0.15, 0.2) is 11.6 Å². The van der Waals surface area contributed by atoms with E-state index in [4.69, 9.17) is 5.73 Å². The van der Waals surface area contributed by atoms with E-state index in [1.807, 2.05) is 6.92 Å². The van der Waals surface area contributed by atoms with Gasteiger partial charge in [0.25, 0.3) is 0 Å². The van der Waals surface area contributed by atoms with Crippen molar-refractivity contribution in [1.29, 1.82) is 0 Å². The van der Waals surface area contributed by atoms with Crippen molar-refractivity contribution in [1.82, 2.24) is 9.97 Å². The third-order valence-corrected chi connectivity index (χ3v) is 2.19. The molecule has 84 valence electrons. The van der Waals surface area contributed by atoms with Crippen LogP contribution in [0.2, 0.25) is 0 Å². The second-order valence-electron chi connectivity index (χ2n) is 3.60. The zero-order chi connectivity index (χ0) is 11.3. The third-order valence-electron chi connectivity index (χ3n) is 2.19. The highest BCUT2D eigenvalue weighted by atomic mass is 19.1. The first-order valence-electron chi connectivity index (χ1n) is 5.09. The van der Waals surface area contributed by atoms with Crippen LogP contribution in [0.4, 0.5) is 10.2 Å². The van der Waals surface area contributed by atoms with Crippen molar-refractivity contribution in [3.63, 3.8) is 0 Å². The van der Waals surface area contributed by atoms with Gasteiger partial charge in [0, 0.05) is 6.04 Å². The first-order chi connectivity index (χ1) is 7.15. The molecule has 1 unspecified atom stereocenters. The van der Waals surface area contributed by atoms with E-state index in [0.29, 0.717) is 12.2 Å². The molecule has 0 radical (unpaired) electrons. The van der Waals surface area contributed by atoms with Crippen molar-refractivity contribution in [3.05, 3.63) is 17.8 Å². The first-order valence-corrected chi connectivity index (χ1v) is 5.09. The predicted octanol–water partition coefficient (Wildman–Crippen LogP) is 1.46. The Morgan fingerprint density at radius 3 is 2.93 bits per heavy atom. The van der Waals surface area contributed by atoms with Gasteiger partial charge in [-0.25, -0.2) is 14.4 Å². The van der Waals surface area contributed by atoms with Crippen LogP contribution < -0.4 is 11.1 Å². The molecule has 0 fully saturated rings. The van der Waals surface area contributed by atoms with Crippen molar-refractivity contribution < 1.29 is 4.39 Å². The van der Waals surface area contributed by atoms with E-state index in [1.54, 1.807) is 6.92 Å². The molecule has 1 aromatic heterocycles. The number of rotatable bonds is 5. The maximum Gasteiger partial charge on any atom is 0.186 e. The van der Waals surface area contributed by atoms with Gasteiger partial charge in [0.1, 0.15) is 6.33 Å². The minimum atomic E-state index is -0.378. The van der Waals surface area contributed by atoms with E-state index in [0.717, 1.165) is 12.8 Å². The lowest BCUT2D eigenvalue weighted by Gasteiger charge is -2.14. The van der Waals surface area contributed by atoms with Crippen molar-refractivity contribution in [2.24, 2.45) is 5.73 Å². The molecular weight excluding hydrogens is 195 g/mol. The Bertz CT molecular complexity index is 316. The molecule has 0 amide bonds. The monoisotopic (exact) mass is 212 g/mol. The smallest absolute Gasteiger partial charge is 0.186 e. The van der Waals surface area contributed by atoms with E-state index in [1.165, 1.54) is 6.33 Å². The van der Waals surface area contributed by atoms with Gasteiger partial charge in [-0.05, 0) is 33.2 Å². The molecule has 0 aliphatic heterocycles. The van der Waals surface area contributed by atoms with Crippen LogP contribution in [0.15, 0.2) is 6.33 Å². The summed E-state index contributed by atoms with van der Waals surface area (Å²) in [5, 5.41) is 3.00. The lowest BCUT2D eigenvalue weighted by atomic mass is 10.2. The largest absolute Gasteiger partial charge is 0.365 e. The summed E-state index contributed by atoms with van der Waals surface area (Å²) in [6.07, 6.45) is 3.18. The molecule has 0 saturated heterocycles. The summed E-state index contributed by atoms with van der Waals surface area (Å²) in [5.74, 6) is -0.107. The highest BCUT2D eigenvalue weighted by Gasteiger charge is 2.09. The Morgan fingerprint density at radius 2 is 2.27 bits per heavy atom. The molecular formula is C10H17FN4. The van der Waals surface area contributed by atoms with Gasteiger partial charge in [0.05, 0.1) is 5.69 Å². The molecule has 0 aromatic carbocycles. The van der Waals surface area contributed by atoms with Crippen LogP contribution in [0.3, 0.4) is 0 Å². The Kier molecular flexibility index (Phi) is 4.42. The summed E-state index contributed by atoms with van der Waals surface area (Å²) in [6.45, 7) is 4.25. The number of hydrogen-bond acceptors (Lipinski definition) is 4. The Morgan fingerprint density at radius 1 is 1.53 bits per heavy atom. The number of aromatic nitrogens is 2. The second kappa shape index (κ2) is 5.60. The predicted molar refractivity (Wildman–Crippen MR) is 58.1 cm³/mol. The molecule has 5 heteroatoms. The maximum absolute atomic E-state index is 13.5. The van der Waals surface area contributed by atoms with Crippen molar-refractivity contribution in [2.75, 3.05) is 11.9 Å². The molecule has 0 saturated carbocycles. The number of nitrogens with zero attached hydrogens (tertiary/aromatic N) is 2. The van der Waals surface area contributed by atoms with Crippen molar-refractivity contribution in [3.8, 4) is 0 Å². The summed E-state index contributed by atoms with van der Waals surface area (Å²) in [6, 6.07) is 0.164. The van der Waals surface area contributed by atoms with E-state index in [-0.39, 0.29) is 17.7 Å². The van der Waals surface area contributed by atoms with Gasteiger partial charge in [0.2, 0.25) is 0 Å². The van der Waals surface area contributed by atoms with E-state index in [2.05, 4.69) is 15.3 Å². The standard InChI is InChI=1S/C10H17FN4/c1-7(4-3-5-12)15-10-9(11)8(2)13-6-14-10/h6-7H,3-5,12H2,1-2H3,(H,13,14,15). The molecule has 0 bridgehead atoms. The highest BCUT2D eigenvalue weighted by molar-refractivity contribution is 5.37. The molecule has 1 atom stereocenters. The Hall–Kier alpha value is -1.23. The van der Waals surface area contributed by atoms with Gasteiger partial charge in [-0.15, -0.1) is 0 Å². The minimum absolute atomic E-state index is 0.164. The van der Waals surface area contributed by atoms with Crippen LogP contribution >= 0.6 is 0 Å². The van der Waals surface area contributed by atoms with Gasteiger partial charge in [-0.1, -0.05) is 0 Å². The SMILES string of the molecule is Cc1ncnc(NC(C)CCCN)c1F. The number of aryl methyl sites for hydroxylation is 1. The lowest BCUT2D eigenvalue weighted by molar-refractivity contribution is 0.593.